The van der Waals surface area contributed by atoms with E-state index in [-0.39, 0.29) is 0 Å². The Balaban J connectivity index is 1.46. The molecular weight excluding hydrogens is 314 g/mol. The summed E-state index contributed by atoms with van der Waals surface area (Å²) in [5, 5.41) is 2.58. The molecule has 0 unspecified atom stereocenters. The first kappa shape index (κ1) is 18.9. The Morgan fingerprint density at radius 2 is 1.31 bits per heavy atom. The van der Waals surface area contributed by atoms with Crippen molar-refractivity contribution in [2.24, 2.45) is 0 Å². The standard InChI is InChI=1S/C25H33N/c1-2-3-4-5-6-7-8-9-10-11-15-21-17-14-19-25-23(21)20-22-16-12-13-18-24(22)26-25/h12-14,16-20H,2-11,15H2,1H3. The number of hydrogen-bond donors (Lipinski definition) is 0. The van der Waals surface area contributed by atoms with Crippen molar-refractivity contribution in [3.63, 3.8) is 0 Å². The highest BCUT2D eigenvalue weighted by atomic mass is 14.7. The molecule has 1 nitrogen and oxygen atoms in total. The van der Waals surface area contributed by atoms with Gasteiger partial charge in [0.1, 0.15) is 0 Å². The average Bonchev–Trinajstić information content (AvgIpc) is 2.68. The summed E-state index contributed by atoms with van der Waals surface area (Å²) in [6.07, 6.45) is 15.1. The maximum Gasteiger partial charge on any atom is 0.0712 e. The summed E-state index contributed by atoms with van der Waals surface area (Å²) in [7, 11) is 0. The third kappa shape index (κ3) is 5.30. The molecule has 0 bridgehead atoms. The number of rotatable bonds is 11. The zero-order valence-electron chi connectivity index (χ0n) is 16.3. The molecule has 1 heterocycles. The van der Waals surface area contributed by atoms with Gasteiger partial charge in [-0.15, -0.1) is 0 Å². The molecule has 1 aromatic heterocycles. The number of fused-ring (bicyclic) bond motifs is 2. The molecular formula is C25H33N. The highest BCUT2D eigenvalue weighted by Gasteiger charge is 2.04. The van der Waals surface area contributed by atoms with E-state index in [1.807, 2.05) is 0 Å². The molecule has 0 aliphatic carbocycles. The number of benzene rings is 2. The van der Waals surface area contributed by atoms with E-state index < -0.39 is 0 Å². The number of pyridine rings is 1. The quantitative estimate of drug-likeness (QED) is 0.254. The molecule has 0 aliphatic rings. The van der Waals surface area contributed by atoms with Crippen molar-refractivity contribution in [3.8, 4) is 0 Å². The van der Waals surface area contributed by atoms with Gasteiger partial charge in [-0.1, -0.05) is 95.0 Å². The summed E-state index contributed by atoms with van der Waals surface area (Å²) in [6.45, 7) is 2.29. The normalized spacial score (nSPS) is 11.4. The molecule has 0 aliphatic heterocycles. The Hall–Kier alpha value is -1.89. The van der Waals surface area contributed by atoms with Gasteiger partial charge in [0.15, 0.2) is 0 Å². The predicted molar refractivity (Wildman–Crippen MR) is 115 cm³/mol. The van der Waals surface area contributed by atoms with Gasteiger partial charge in [-0.25, -0.2) is 4.98 Å². The fourth-order valence-electron chi connectivity index (χ4n) is 3.88. The molecule has 1 heteroatoms. The third-order valence-corrected chi connectivity index (χ3v) is 5.45. The zero-order chi connectivity index (χ0) is 18.0. The number of nitrogens with zero attached hydrogens (tertiary/aromatic N) is 1. The van der Waals surface area contributed by atoms with Crippen molar-refractivity contribution in [1.29, 1.82) is 0 Å². The van der Waals surface area contributed by atoms with Crippen molar-refractivity contribution < 1.29 is 0 Å². The van der Waals surface area contributed by atoms with Gasteiger partial charge in [-0.2, -0.15) is 0 Å². The topological polar surface area (TPSA) is 12.9 Å². The van der Waals surface area contributed by atoms with Gasteiger partial charge in [-0.3, -0.25) is 0 Å². The van der Waals surface area contributed by atoms with E-state index in [0.29, 0.717) is 0 Å². The monoisotopic (exact) mass is 347 g/mol. The fourth-order valence-corrected chi connectivity index (χ4v) is 3.88. The summed E-state index contributed by atoms with van der Waals surface area (Å²) in [5.74, 6) is 0. The van der Waals surface area contributed by atoms with E-state index in [4.69, 9.17) is 4.98 Å². The first-order chi connectivity index (χ1) is 12.9. The van der Waals surface area contributed by atoms with Gasteiger partial charge < -0.3 is 0 Å². The highest BCUT2D eigenvalue weighted by molar-refractivity contribution is 5.94. The lowest BCUT2D eigenvalue weighted by Gasteiger charge is -2.08. The van der Waals surface area contributed by atoms with E-state index in [2.05, 4.69) is 55.5 Å². The highest BCUT2D eigenvalue weighted by Crippen LogP contribution is 2.24. The van der Waals surface area contributed by atoms with Crippen molar-refractivity contribution >= 4 is 21.8 Å². The first-order valence-corrected chi connectivity index (χ1v) is 10.7. The van der Waals surface area contributed by atoms with Gasteiger partial charge >= 0.3 is 0 Å². The smallest absolute Gasteiger partial charge is 0.0712 e. The maximum absolute atomic E-state index is 4.84. The van der Waals surface area contributed by atoms with Crippen LogP contribution in [0.25, 0.3) is 21.8 Å². The van der Waals surface area contributed by atoms with Crippen LogP contribution in [0.4, 0.5) is 0 Å². The van der Waals surface area contributed by atoms with Gasteiger partial charge in [0.05, 0.1) is 11.0 Å². The van der Waals surface area contributed by atoms with Crippen molar-refractivity contribution in [1.82, 2.24) is 4.98 Å². The van der Waals surface area contributed by atoms with Gasteiger partial charge in [-0.05, 0) is 36.6 Å². The lowest BCUT2D eigenvalue weighted by atomic mass is 9.99. The SMILES string of the molecule is CCCCCCCCCCCCc1cccc2nc3ccccc3cc12. The Bertz CT molecular complexity index is 805. The molecule has 0 atom stereocenters. The van der Waals surface area contributed by atoms with E-state index in [1.54, 1.807) is 0 Å². The second-order valence-corrected chi connectivity index (χ2v) is 7.60. The van der Waals surface area contributed by atoms with Crippen LogP contribution in [-0.2, 0) is 6.42 Å². The number of aryl methyl sites for hydroxylation is 1. The third-order valence-electron chi connectivity index (χ3n) is 5.45. The van der Waals surface area contributed by atoms with Gasteiger partial charge in [0.2, 0.25) is 0 Å². The molecule has 3 aromatic rings. The predicted octanol–water partition coefficient (Wildman–Crippen LogP) is 7.85. The Kier molecular flexibility index (Phi) is 7.49. The molecule has 2 aromatic carbocycles. The minimum atomic E-state index is 1.09. The van der Waals surface area contributed by atoms with Crippen molar-refractivity contribution in [2.45, 2.75) is 77.6 Å². The van der Waals surface area contributed by atoms with Crippen LogP contribution in [0.3, 0.4) is 0 Å². The zero-order valence-corrected chi connectivity index (χ0v) is 16.3. The van der Waals surface area contributed by atoms with Crippen molar-refractivity contribution in [3.05, 3.63) is 54.1 Å². The largest absolute Gasteiger partial charge is 0.248 e. The minimum absolute atomic E-state index is 1.09. The molecule has 0 radical (unpaired) electrons. The van der Waals surface area contributed by atoms with E-state index >= 15 is 0 Å². The molecule has 0 saturated heterocycles. The Morgan fingerprint density at radius 1 is 0.654 bits per heavy atom. The molecule has 26 heavy (non-hydrogen) atoms. The summed E-state index contributed by atoms with van der Waals surface area (Å²) in [4.78, 5) is 4.84. The van der Waals surface area contributed by atoms with E-state index in [9.17, 15) is 0 Å². The Morgan fingerprint density at radius 3 is 2.08 bits per heavy atom. The van der Waals surface area contributed by atoms with E-state index in [1.165, 1.54) is 87.0 Å². The van der Waals surface area contributed by atoms with Crippen LogP contribution >= 0.6 is 0 Å². The fraction of sp³-hybridized carbons (Fsp3) is 0.480. The van der Waals surface area contributed by atoms with Crippen LogP contribution in [0, 0.1) is 0 Å². The molecule has 3 rings (SSSR count). The molecule has 0 saturated carbocycles. The maximum atomic E-state index is 4.84. The summed E-state index contributed by atoms with van der Waals surface area (Å²) in [6, 6.07) is 17.3. The minimum Gasteiger partial charge on any atom is -0.248 e. The van der Waals surface area contributed by atoms with Gasteiger partial charge in [0.25, 0.3) is 0 Å². The first-order valence-electron chi connectivity index (χ1n) is 10.7. The summed E-state index contributed by atoms with van der Waals surface area (Å²) < 4.78 is 0. The summed E-state index contributed by atoms with van der Waals surface area (Å²) >= 11 is 0. The molecule has 0 fully saturated rings. The second-order valence-electron chi connectivity index (χ2n) is 7.60. The molecule has 0 amide bonds. The number of aromatic nitrogens is 1. The molecule has 0 spiro atoms. The lowest BCUT2D eigenvalue weighted by Crippen LogP contribution is -1.91. The molecule has 138 valence electrons. The van der Waals surface area contributed by atoms with Crippen LogP contribution in [0.5, 0.6) is 0 Å². The van der Waals surface area contributed by atoms with Crippen LogP contribution < -0.4 is 0 Å². The number of para-hydroxylation sites is 1. The van der Waals surface area contributed by atoms with Crippen LogP contribution in [0.15, 0.2) is 48.5 Å². The Labute approximate surface area is 158 Å². The van der Waals surface area contributed by atoms with Crippen LogP contribution in [0.2, 0.25) is 0 Å². The number of hydrogen-bond acceptors (Lipinski definition) is 1. The number of unbranched alkanes of at least 4 members (excludes halogenated alkanes) is 9. The van der Waals surface area contributed by atoms with Crippen LogP contribution in [-0.4, -0.2) is 4.98 Å². The second kappa shape index (κ2) is 10.3. The average molecular weight is 348 g/mol. The lowest BCUT2D eigenvalue weighted by molar-refractivity contribution is 0.556. The van der Waals surface area contributed by atoms with Gasteiger partial charge in [0, 0.05) is 10.8 Å². The molecule has 0 N–H and O–H groups in total. The van der Waals surface area contributed by atoms with Crippen LogP contribution in [0.1, 0.15) is 76.7 Å². The van der Waals surface area contributed by atoms with Crippen molar-refractivity contribution in [2.75, 3.05) is 0 Å². The van der Waals surface area contributed by atoms with E-state index in [0.717, 1.165) is 11.0 Å². The summed E-state index contributed by atoms with van der Waals surface area (Å²) in [5.41, 5.74) is 3.68.